The Bertz CT molecular complexity index is 157. The molecule has 84 valence electrons. The third kappa shape index (κ3) is 4.17. The summed E-state index contributed by atoms with van der Waals surface area (Å²) in [5.41, 5.74) is 0. The molecule has 0 radical (unpaired) electrons. The van der Waals surface area contributed by atoms with Crippen LogP contribution in [0.25, 0.3) is 0 Å². The van der Waals surface area contributed by atoms with E-state index < -0.39 is 6.10 Å². The van der Waals surface area contributed by atoms with Crippen LogP contribution in [0.5, 0.6) is 0 Å². The quantitative estimate of drug-likeness (QED) is 0.634. The van der Waals surface area contributed by atoms with Gasteiger partial charge in [0.05, 0.1) is 12.7 Å². The summed E-state index contributed by atoms with van der Waals surface area (Å²) in [6.07, 6.45) is 6.55. The third-order valence-corrected chi connectivity index (χ3v) is 3.91. The highest BCUT2D eigenvalue weighted by atomic mass is 32.2. The number of aliphatic hydroxyl groups is 2. The molecule has 1 aliphatic carbocycles. The fraction of sp³-hybridized carbons (Fsp3) is 1.00. The largest absolute Gasteiger partial charge is 0.394 e. The standard InChI is InChI=1S/C10H21NO2S/c1-14-10-4-2-3-8(5-10)11-6-9(13)7-12/h8-13H,2-7H2,1H3/t8?,9-,10?/m0/s1. The molecule has 14 heavy (non-hydrogen) atoms. The van der Waals surface area contributed by atoms with E-state index in [4.69, 9.17) is 5.11 Å². The molecule has 0 spiro atoms. The van der Waals surface area contributed by atoms with Gasteiger partial charge in [-0.2, -0.15) is 11.8 Å². The molecule has 1 rings (SSSR count). The smallest absolute Gasteiger partial charge is 0.0895 e. The molecule has 1 aliphatic rings. The lowest BCUT2D eigenvalue weighted by Crippen LogP contribution is -2.40. The van der Waals surface area contributed by atoms with Crippen molar-refractivity contribution >= 4 is 11.8 Å². The normalized spacial score (nSPS) is 30.2. The molecular weight excluding hydrogens is 198 g/mol. The first-order valence-corrected chi connectivity index (χ1v) is 6.60. The van der Waals surface area contributed by atoms with E-state index >= 15 is 0 Å². The molecule has 1 fully saturated rings. The number of hydrogen-bond acceptors (Lipinski definition) is 4. The Morgan fingerprint density at radius 3 is 2.93 bits per heavy atom. The molecule has 0 amide bonds. The lowest BCUT2D eigenvalue weighted by molar-refractivity contribution is 0.0905. The maximum Gasteiger partial charge on any atom is 0.0895 e. The van der Waals surface area contributed by atoms with Gasteiger partial charge in [-0.3, -0.25) is 0 Å². The average Bonchev–Trinajstić information content (AvgIpc) is 2.26. The summed E-state index contributed by atoms with van der Waals surface area (Å²) >= 11 is 1.94. The summed E-state index contributed by atoms with van der Waals surface area (Å²) in [5, 5.41) is 21.9. The number of hydrogen-bond donors (Lipinski definition) is 3. The Balaban J connectivity index is 2.17. The van der Waals surface area contributed by atoms with E-state index in [9.17, 15) is 5.11 Å². The van der Waals surface area contributed by atoms with E-state index in [0.29, 0.717) is 12.6 Å². The molecule has 2 unspecified atom stereocenters. The van der Waals surface area contributed by atoms with E-state index in [-0.39, 0.29) is 6.61 Å². The van der Waals surface area contributed by atoms with Gasteiger partial charge in [-0.15, -0.1) is 0 Å². The average molecular weight is 219 g/mol. The zero-order chi connectivity index (χ0) is 10.4. The van der Waals surface area contributed by atoms with Gasteiger partial charge in [0.15, 0.2) is 0 Å². The van der Waals surface area contributed by atoms with Gasteiger partial charge >= 0.3 is 0 Å². The van der Waals surface area contributed by atoms with Crippen LogP contribution in [0.15, 0.2) is 0 Å². The third-order valence-electron chi connectivity index (χ3n) is 2.81. The first kappa shape index (κ1) is 12.3. The van der Waals surface area contributed by atoms with Crippen molar-refractivity contribution in [2.45, 2.75) is 43.1 Å². The molecular formula is C10H21NO2S. The molecule has 0 aromatic rings. The minimum atomic E-state index is -0.607. The zero-order valence-electron chi connectivity index (χ0n) is 8.78. The number of thioether (sulfide) groups is 1. The number of aliphatic hydroxyl groups excluding tert-OH is 2. The minimum absolute atomic E-state index is 0.147. The molecule has 0 bridgehead atoms. The maximum atomic E-state index is 9.19. The summed E-state index contributed by atoms with van der Waals surface area (Å²) in [4.78, 5) is 0. The number of rotatable bonds is 5. The Labute approximate surface area is 90.3 Å². The van der Waals surface area contributed by atoms with Crippen LogP contribution >= 0.6 is 11.8 Å². The Kier molecular flexibility index (Phi) is 5.86. The van der Waals surface area contributed by atoms with Crippen LogP contribution in [-0.2, 0) is 0 Å². The first-order chi connectivity index (χ1) is 6.76. The highest BCUT2D eigenvalue weighted by Gasteiger charge is 2.21. The lowest BCUT2D eigenvalue weighted by Gasteiger charge is -2.29. The van der Waals surface area contributed by atoms with Crippen LogP contribution in [0.1, 0.15) is 25.7 Å². The minimum Gasteiger partial charge on any atom is -0.394 e. The molecule has 3 atom stereocenters. The lowest BCUT2D eigenvalue weighted by atomic mass is 9.95. The van der Waals surface area contributed by atoms with Crippen LogP contribution < -0.4 is 5.32 Å². The molecule has 0 aliphatic heterocycles. The molecule has 0 heterocycles. The van der Waals surface area contributed by atoms with Crippen molar-refractivity contribution in [3.05, 3.63) is 0 Å². The highest BCUT2D eigenvalue weighted by molar-refractivity contribution is 7.99. The van der Waals surface area contributed by atoms with Gasteiger partial charge in [-0.1, -0.05) is 6.42 Å². The van der Waals surface area contributed by atoms with Gasteiger partial charge in [-0.25, -0.2) is 0 Å². The summed E-state index contributed by atoms with van der Waals surface area (Å²) in [5.74, 6) is 0. The Hall–Kier alpha value is 0.230. The Morgan fingerprint density at radius 2 is 2.29 bits per heavy atom. The first-order valence-electron chi connectivity index (χ1n) is 5.31. The second-order valence-electron chi connectivity index (χ2n) is 3.97. The van der Waals surface area contributed by atoms with Crippen LogP contribution in [0.2, 0.25) is 0 Å². The van der Waals surface area contributed by atoms with Crippen LogP contribution in [-0.4, -0.2) is 47.0 Å². The fourth-order valence-electron chi connectivity index (χ4n) is 1.91. The molecule has 0 aromatic carbocycles. The van der Waals surface area contributed by atoms with E-state index in [0.717, 1.165) is 5.25 Å². The van der Waals surface area contributed by atoms with Crippen molar-refractivity contribution < 1.29 is 10.2 Å². The summed E-state index contributed by atoms with van der Waals surface area (Å²) in [7, 11) is 0. The van der Waals surface area contributed by atoms with Crippen molar-refractivity contribution in [3.8, 4) is 0 Å². The Morgan fingerprint density at radius 1 is 1.50 bits per heavy atom. The SMILES string of the molecule is CSC1CCCC(NC[C@H](O)CO)C1. The van der Waals surface area contributed by atoms with Gasteiger partial charge in [-0.05, 0) is 25.5 Å². The van der Waals surface area contributed by atoms with E-state index in [2.05, 4.69) is 11.6 Å². The van der Waals surface area contributed by atoms with Crippen molar-refractivity contribution in [3.63, 3.8) is 0 Å². The van der Waals surface area contributed by atoms with Gasteiger partial charge in [0.2, 0.25) is 0 Å². The van der Waals surface area contributed by atoms with Crippen molar-refractivity contribution in [2.75, 3.05) is 19.4 Å². The van der Waals surface area contributed by atoms with Crippen LogP contribution in [0.4, 0.5) is 0 Å². The highest BCUT2D eigenvalue weighted by Crippen LogP contribution is 2.26. The van der Waals surface area contributed by atoms with Crippen molar-refractivity contribution in [1.29, 1.82) is 0 Å². The second kappa shape index (κ2) is 6.67. The summed E-state index contributed by atoms with van der Waals surface area (Å²) in [6, 6.07) is 0.530. The zero-order valence-corrected chi connectivity index (χ0v) is 9.59. The molecule has 3 nitrogen and oxygen atoms in total. The van der Waals surface area contributed by atoms with Crippen LogP contribution in [0.3, 0.4) is 0 Å². The maximum absolute atomic E-state index is 9.19. The monoisotopic (exact) mass is 219 g/mol. The van der Waals surface area contributed by atoms with Gasteiger partial charge in [0.1, 0.15) is 0 Å². The van der Waals surface area contributed by atoms with E-state index in [1.165, 1.54) is 25.7 Å². The molecule has 4 heteroatoms. The van der Waals surface area contributed by atoms with Gasteiger partial charge in [0, 0.05) is 17.8 Å². The second-order valence-corrected chi connectivity index (χ2v) is 5.10. The summed E-state index contributed by atoms with van der Waals surface area (Å²) in [6.45, 7) is 0.369. The van der Waals surface area contributed by atoms with Crippen LogP contribution in [0, 0.1) is 0 Å². The summed E-state index contributed by atoms with van der Waals surface area (Å²) < 4.78 is 0. The number of nitrogens with one attached hydrogen (secondary N) is 1. The van der Waals surface area contributed by atoms with E-state index in [1.807, 2.05) is 11.8 Å². The molecule has 0 saturated heterocycles. The van der Waals surface area contributed by atoms with E-state index in [1.54, 1.807) is 0 Å². The van der Waals surface area contributed by atoms with Crippen molar-refractivity contribution in [2.24, 2.45) is 0 Å². The predicted molar refractivity (Wildman–Crippen MR) is 60.7 cm³/mol. The van der Waals surface area contributed by atoms with Gasteiger partial charge < -0.3 is 15.5 Å². The topological polar surface area (TPSA) is 52.5 Å². The molecule has 1 saturated carbocycles. The molecule has 3 N–H and O–H groups in total. The predicted octanol–water partition coefficient (Wildman–Crippen LogP) is 0.603. The fourth-order valence-corrected chi connectivity index (χ4v) is 2.74. The van der Waals surface area contributed by atoms with Crippen molar-refractivity contribution in [1.82, 2.24) is 5.32 Å². The van der Waals surface area contributed by atoms with Gasteiger partial charge in [0.25, 0.3) is 0 Å². The molecule has 0 aromatic heterocycles.